The fourth-order valence-corrected chi connectivity index (χ4v) is 5.04. The van der Waals surface area contributed by atoms with Crippen LogP contribution in [-0.4, -0.2) is 38.9 Å². The number of fused-ring (bicyclic) bond motifs is 1. The van der Waals surface area contributed by atoms with Crippen molar-refractivity contribution in [2.75, 3.05) is 20.2 Å². The maximum atomic E-state index is 12.8. The molecular formula is C17H23NO4S. The predicted molar refractivity (Wildman–Crippen MR) is 86.6 cm³/mol. The molecule has 1 saturated heterocycles. The number of sulfonamides is 1. The summed E-state index contributed by atoms with van der Waals surface area (Å²) < 4.78 is 31.9. The number of hydrogen-bond donors (Lipinski definition) is 0. The van der Waals surface area contributed by atoms with Gasteiger partial charge in [0, 0.05) is 13.1 Å². The topological polar surface area (TPSA) is 63.7 Å². The van der Waals surface area contributed by atoms with Gasteiger partial charge in [-0.25, -0.2) is 8.42 Å². The van der Waals surface area contributed by atoms with E-state index in [1.165, 1.54) is 29.0 Å². The minimum atomic E-state index is -3.47. The zero-order valence-corrected chi connectivity index (χ0v) is 14.3. The molecule has 0 unspecified atom stereocenters. The van der Waals surface area contributed by atoms with Gasteiger partial charge < -0.3 is 4.74 Å². The Hall–Kier alpha value is -1.40. The summed E-state index contributed by atoms with van der Waals surface area (Å²) in [5, 5.41) is 0. The average molecular weight is 337 g/mol. The van der Waals surface area contributed by atoms with Crippen LogP contribution in [0.4, 0.5) is 0 Å². The summed E-state index contributed by atoms with van der Waals surface area (Å²) in [4.78, 5) is 11.9. The van der Waals surface area contributed by atoms with Crippen LogP contribution in [0.15, 0.2) is 23.1 Å². The van der Waals surface area contributed by atoms with Crippen LogP contribution in [0.1, 0.15) is 36.8 Å². The predicted octanol–water partition coefficient (Wildman–Crippen LogP) is 2.14. The summed E-state index contributed by atoms with van der Waals surface area (Å²) in [7, 11) is -2.10. The lowest BCUT2D eigenvalue weighted by Crippen LogP contribution is -2.40. The smallest absolute Gasteiger partial charge is 0.308 e. The molecule has 1 aromatic rings. The van der Waals surface area contributed by atoms with E-state index in [4.69, 9.17) is 4.74 Å². The molecule has 0 atom stereocenters. The van der Waals surface area contributed by atoms with E-state index >= 15 is 0 Å². The number of hydrogen-bond acceptors (Lipinski definition) is 4. The summed E-state index contributed by atoms with van der Waals surface area (Å²) in [6.45, 7) is 0.748. The lowest BCUT2D eigenvalue weighted by molar-refractivity contribution is -0.146. The number of nitrogens with zero attached hydrogens (tertiary/aromatic N) is 1. The van der Waals surface area contributed by atoms with Gasteiger partial charge in [0.2, 0.25) is 10.0 Å². The molecular weight excluding hydrogens is 314 g/mol. The second-order valence-corrected chi connectivity index (χ2v) is 8.28. The van der Waals surface area contributed by atoms with Crippen LogP contribution >= 0.6 is 0 Å². The maximum Gasteiger partial charge on any atom is 0.308 e. The van der Waals surface area contributed by atoms with Crippen LogP contribution in [0.2, 0.25) is 0 Å². The van der Waals surface area contributed by atoms with Crippen LogP contribution in [0.3, 0.4) is 0 Å². The molecule has 0 bridgehead atoms. The van der Waals surface area contributed by atoms with Crippen molar-refractivity contribution in [3.8, 4) is 0 Å². The molecule has 3 rings (SSSR count). The first kappa shape index (κ1) is 16.5. The Balaban J connectivity index is 1.76. The van der Waals surface area contributed by atoms with E-state index in [9.17, 15) is 13.2 Å². The van der Waals surface area contributed by atoms with E-state index in [1.807, 2.05) is 12.1 Å². The minimum absolute atomic E-state index is 0.185. The average Bonchev–Trinajstić information content (AvgIpc) is 2.60. The molecule has 0 radical (unpaired) electrons. The van der Waals surface area contributed by atoms with Gasteiger partial charge in [0.15, 0.2) is 0 Å². The highest BCUT2D eigenvalue weighted by Gasteiger charge is 2.32. The molecule has 1 aliphatic heterocycles. The van der Waals surface area contributed by atoms with Crippen molar-refractivity contribution >= 4 is 16.0 Å². The van der Waals surface area contributed by atoms with E-state index in [0.717, 1.165) is 19.3 Å². The molecule has 2 aliphatic rings. The van der Waals surface area contributed by atoms with Crippen molar-refractivity contribution in [1.29, 1.82) is 0 Å². The number of rotatable bonds is 3. The van der Waals surface area contributed by atoms with Crippen LogP contribution in [0.5, 0.6) is 0 Å². The highest BCUT2D eigenvalue weighted by molar-refractivity contribution is 7.89. The molecule has 0 saturated carbocycles. The molecule has 0 N–H and O–H groups in total. The number of benzene rings is 1. The second-order valence-electron chi connectivity index (χ2n) is 6.34. The first-order valence-electron chi connectivity index (χ1n) is 8.22. The standard InChI is InChI=1S/C17H23NO4S/c1-22-17(19)14-8-10-18(11-9-14)23(20,21)16-7-6-13-4-2-3-5-15(13)12-16/h6-7,12,14H,2-5,8-11H2,1H3. The number of carbonyl (C=O) groups excluding carboxylic acids is 1. The lowest BCUT2D eigenvalue weighted by Gasteiger charge is -2.30. The first-order chi connectivity index (χ1) is 11.0. The van der Waals surface area contributed by atoms with Gasteiger partial charge in [-0.2, -0.15) is 4.31 Å². The van der Waals surface area contributed by atoms with Crippen molar-refractivity contribution in [3.05, 3.63) is 29.3 Å². The number of methoxy groups -OCH3 is 1. The summed E-state index contributed by atoms with van der Waals surface area (Å²) in [5.41, 5.74) is 2.45. The molecule has 6 heteroatoms. The Bertz CT molecular complexity index is 691. The summed E-state index contributed by atoms with van der Waals surface area (Å²) in [6, 6.07) is 5.53. The maximum absolute atomic E-state index is 12.8. The minimum Gasteiger partial charge on any atom is -0.469 e. The quantitative estimate of drug-likeness (QED) is 0.793. The third kappa shape index (κ3) is 3.28. The van der Waals surface area contributed by atoms with Gasteiger partial charge in [-0.3, -0.25) is 4.79 Å². The van der Waals surface area contributed by atoms with E-state index in [-0.39, 0.29) is 11.9 Å². The van der Waals surface area contributed by atoms with E-state index in [2.05, 4.69) is 0 Å². The van der Waals surface area contributed by atoms with Crippen molar-refractivity contribution in [2.45, 2.75) is 43.4 Å². The zero-order valence-electron chi connectivity index (χ0n) is 13.5. The number of ether oxygens (including phenoxy) is 1. The summed E-state index contributed by atoms with van der Waals surface area (Å²) >= 11 is 0. The Morgan fingerprint density at radius 3 is 2.43 bits per heavy atom. The van der Waals surface area contributed by atoms with E-state index in [0.29, 0.717) is 30.8 Å². The van der Waals surface area contributed by atoms with Gasteiger partial charge in [0.05, 0.1) is 17.9 Å². The SMILES string of the molecule is COC(=O)C1CCN(S(=O)(=O)c2ccc3c(c2)CCCC3)CC1. The summed E-state index contributed by atoms with van der Waals surface area (Å²) in [5.74, 6) is -0.425. The zero-order chi connectivity index (χ0) is 16.4. The molecule has 1 fully saturated rings. The highest BCUT2D eigenvalue weighted by Crippen LogP contribution is 2.28. The van der Waals surface area contributed by atoms with Gasteiger partial charge in [-0.05, 0) is 61.8 Å². The van der Waals surface area contributed by atoms with Gasteiger partial charge in [-0.15, -0.1) is 0 Å². The largest absolute Gasteiger partial charge is 0.469 e. The monoisotopic (exact) mass is 337 g/mol. The van der Waals surface area contributed by atoms with Crippen molar-refractivity contribution < 1.29 is 17.9 Å². The molecule has 1 aliphatic carbocycles. The van der Waals surface area contributed by atoms with E-state index in [1.54, 1.807) is 6.07 Å². The molecule has 23 heavy (non-hydrogen) atoms. The Kier molecular flexibility index (Phi) is 4.73. The Morgan fingerprint density at radius 2 is 1.78 bits per heavy atom. The Labute approximate surface area is 137 Å². The van der Waals surface area contributed by atoms with Crippen molar-refractivity contribution in [3.63, 3.8) is 0 Å². The van der Waals surface area contributed by atoms with Crippen LogP contribution in [0.25, 0.3) is 0 Å². The normalized spacial score (nSPS) is 20.0. The molecule has 5 nitrogen and oxygen atoms in total. The van der Waals surface area contributed by atoms with E-state index < -0.39 is 10.0 Å². The number of esters is 1. The Morgan fingerprint density at radius 1 is 1.13 bits per heavy atom. The third-order valence-electron chi connectivity index (χ3n) is 4.95. The molecule has 126 valence electrons. The first-order valence-corrected chi connectivity index (χ1v) is 9.66. The molecule has 0 amide bonds. The van der Waals surface area contributed by atoms with Crippen molar-refractivity contribution in [2.24, 2.45) is 5.92 Å². The molecule has 0 aromatic heterocycles. The second kappa shape index (κ2) is 6.61. The van der Waals surface area contributed by atoms with Gasteiger partial charge in [0.25, 0.3) is 0 Å². The van der Waals surface area contributed by atoms with Gasteiger partial charge >= 0.3 is 5.97 Å². The lowest BCUT2D eigenvalue weighted by atomic mass is 9.92. The number of aryl methyl sites for hydroxylation is 2. The van der Waals surface area contributed by atoms with Gasteiger partial charge in [-0.1, -0.05) is 6.07 Å². The van der Waals surface area contributed by atoms with Gasteiger partial charge in [0.1, 0.15) is 0 Å². The summed E-state index contributed by atoms with van der Waals surface area (Å²) in [6.07, 6.45) is 5.36. The van der Waals surface area contributed by atoms with Crippen LogP contribution in [0, 0.1) is 5.92 Å². The fraction of sp³-hybridized carbons (Fsp3) is 0.588. The molecule has 1 aromatic carbocycles. The number of carbonyl (C=O) groups is 1. The van der Waals surface area contributed by atoms with Crippen molar-refractivity contribution in [1.82, 2.24) is 4.31 Å². The van der Waals surface area contributed by atoms with Crippen LogP contribution < -0.4 is 0 Å². The number of piperidine rings is 1. The van der Waals surface area contributed by atoms with Crippen LogP contribution in [-0.2, 0) is 32.4 Å². The molecule has 0 spiro atoms. The molecule has 1 heterocycles. The highest BCUT2D eigenvalue weighted by atomic mass is 32.2. The third-order valence-corrected chi connectivity index (χ3v) is 6.84. The fourth-order valence-electron chi connectivity index (χ4n) is 3.52.